The van der Waals surface area contributed by atoms with E-state index in [1.54, 1.807) is 35.9 Å². The van der Waals surface area contributed by atoms with Crippen molar-refractivity contribution in [3.05, 3.63) is 107 Å². The Bertz CT molecular complexity index is 1460. The van der Waals surface area contributed by atoms with Crippen molar-refractivity contribution in [1.29, 1.82) is 0 Å². The van der Waals surface area contributed by atoms with Crippen LogP contribution >= 0.6 is 0 Å². The van der Waals surface area contributed by atoms with Crippen LogP contribution in [0, 0.1) is 5.82 Å². The van der Waals surface area contributed by atoms with Crippen LogP contribution in [0.5, 0.6) is 0 Å². The maximum Gasteiger partial charge on any atom is 0.247 e. The minimum absolute atomic E-state index is 0.00251. The molecule has 4 amide bonds. The molecule has 0 saturated carbocycles. The summed E-state index contributed by atoms with van der Waals surface area (Å²) in [5, 5.41) is 8.96. The van der Waals surface area contributed by atoms with Crippen molar-refractivity contribution in [3.8, 4) is 0 Å². The number of hydrogen-bond donors (Lipinski definition) is 3. The number of likely N-dealkylation sites (N-methyl/N-ethyl adjacent to an activating group) is 1. The standard InChI is InChI=1S/C36H42FN5O4/c1-24(38-2)34(44)39-30-23-41(32(43)20-15-25-13-16-28(37)17-14-25)22-21-29-18-19-31(42(29)36(30)46)35(45)40-33(26-9-5-3-6-10-26)27-11-7-4-8-12-27/h3-14,16-17,24,29-31,33,38H,15,18-23H2,1-2H3,(H,39,44)(H,40,45)/t24-,29?,30-,31-/m0/s1. The molecule has 1 unspecified atom stereocenters. The van der Waals surface area contributed by atoms with E-state index in [1.807, 2.05) is 60.7 Å². The Kier molecular flexibility index (Phi) is 10.8. The maximum atomic E-state index is 14.3. The normalized spacial score (nSPS) is 20.4. The molecule has 0 spiro atoms. The van der Waals surface area contributed by atoms with Gasteiger partial charge in [0, 0.05) is 25.6 Å². The fraction of sp³-hybridized carbons (Fsp3) is 0.389. The van der Waals surface area contributed by atoms with Crippen LogP contribution in [-0.4, -0.2) is 77.7 Å². The van der Waals surface area contributed by atoms with Gasteiger partial charge in [0.1, 0.15) is 17.9 Å². The molecule has 0 bridgehead atoms. The smallest absolute Gasteiger partial charge is 0.247 e. The van der Waals surface area contributed by atoms with E-state index in [9.17, 15) is 23.6 Å². The molecule has 46 heavy (non-hydrogen) atoms. The maximum absolute atomic E-state index is 14.3. The Hall–Kier alpha value is -4.57. The molecule has 5 rings (SSSR count). The first kappa shape index (κ1) is 32.8. The number of nitrogens with zero attached hydrogens (tertiary/aromatic N) is 2. The number of hydrogen-bond acceptors (Lipinski definition) is 5. The zero-order chi connectivity index (χ0) is 32.6. The Balaban J connectivity index is 1.35. The van der Waals surface area contributed by atoms with Gasteiger partial charge in [0.15, 0.2) is 0 Å². The molecule has 2 aliphatic rings. The highest BCUT2D eigenvalue weighted by atomic mass is 19.1. The summed E-state index contributed by atoms with van der Waals surface area (Å²) in [4.78, 5) is 58.0. The third-order valence-corrected chi connectivity index (χ3v) is 9.08. The largest absolute Gasteiger partial charge is 0.343 e. The van der Waals surface area contributed by atoms with Crippen molar-refractivity contribution in [1.82, 2.24) is 25.8 Å². The van der Waals surface area contributed by atoms with Gasteiger partial charge in [-0.2, -0.15) is 0 Å². The van der Waals surface area contributed by atoms with Gasteiger partial charge in [-0.15, -0.1) is 0 Å². The Morgan fingerprint density at radius 3 is 2.13 bits per heavy atom. The number of fused-ring (bicyclic) bond motifs is 1. The second-order valence-corrected chi connectivity index (χ2v) is 12.1. The topological polar surface area (TPSA) is 111 Å². The highest BCUT2D eigenvalue weighted by molar-refractivity contribution is 5.94. The number of nitrogens with one attached hydrogen (secondary N) is 3. The number of benzene rings is 3. The van der Waals surface area contributed by atoms with Gasteiger partial charge < -0.3 is 25.8 Å². The minimum Gasteiger partial charge on any atom is -0.343 e. The first-order valence-corrected chi connectivity index (χ1v) is 16.0. The summed E-state index contributed by atoms with van der Waals surface area (Å²) in [6, 6.07) is 22.5. The number of rotatable bonds is 10. The average molecular weight is 628 g/mol. The van der Waals surface area contributed by atoms with Crippen LogP contribution < -0.4 is 16.0 Å². The third kappa shape index (κ3) is 7.80. The van der Waals surface area contributed by atoms with Crippen molar-refractivity contribution < 1.29 is 23.6 Å². The van der Waals surface area contributed by atoms with Crippen molar-refractivity contribution in [2.45, 2.75) is 69.2 Å². The van der Waals surface area contributed by atoms with Gasteiger partial charge >= 0.3 is 0 Å². The van der Waals surface area contributed by atoms with Crippen LogP contribution in [-0.2, 0) is 25.6 Å². The first-order valence-electron chi connectivity index (χ1n) is 16.0. The molecule has 2 saturated heterocycles. The van der Waals surface area contributed by atoms with E-state index in [-0.39, 0.29) is 48.5 Å². The lowest BCUT2D eigenvalue weighted by molar-refractivity contribution is -0.147. The fourth-order valence-electron chi connectivity index (χ4n) is 6.34. The molecule has 3 aromatic rings. The first-order chi connectivity index (χ1) is 22.2. The van der Waals surface area contributed by atoms with E-state index < -0.39 is 24.2 Å². The number of amides is 4. The van der Waals surface area contributed by atoms with Gasteiger partial charge in [-0.05, 0) is 68.5 Å². The second-order valence-electron chi connectivity index (χ2n) is 12.1. The molecule has 3 aromatic carbocycles. The van der Waals surface area contributed by atoms with E-state index in [0.717, 1.165) is 16.7 Å². The minimum atomic E-state index is -1.02. The lowest BCUT2D eigenvalue weighted by Crippen LogP contribution is -2.62. The summed E-state index contributed by atoms with van der Waals surface area (Å²) in [6.07, 6.45) is 2.22. The van der Waals surface area contributed by atoms with Gasteiger partial charge in [0.25, 0.3) is 0 Å². The highest BCUT2D eigenvalue weighted by Gasteiger charge is 2.46. The summed E-state index contributed by atoms with van der Waals surface area (Å²) in [7, 11) is 1.66. The fourth-order valence-corrected chi connectivity index (χ4v) is 6.34. The average Bonchev–Trinajstić information content (AvgIpc) is 3.51. The second kappa shape index (κ2) is 15.1. The van der Waals surface area contributed by atoms with Crippen molar-refractivity contribution in [2.75, 3.05) is 20.1 Å². The molecule has 0 aromatic heterocycles. The van der Waals surface area contributed by atoms with Gasteiger partial charge in [-0.1, -0.05) is 72.8 Å². The summed E-state index contributed by atoms with van der Waals surface area (Å²) >= 11 is 0. The number of carbonyl (C=O) groups excluding carboxylic acids is 4. The van der Waals surface area contributed by atoms with Crippen molar-refractivity contribution in [3.63, 3.8) is 0 Å². The molecule has 242 valence electrons. The molecule has 10 heteroatoms. The molecule has 3 N–H and O–H groups in total. The summed E-state index contributed by atoms with van der Waals surface area (Å²) < 4.78 is 13.4. The quantitative estimate of drug-likeness (QED) is 0.320. The molecule has 4 atom stereocenters. The van der Waals surface area contributed by atoms with Crippen molar-refractivity contribution in [2.24, 2.45) is 0 Å². The van der Waals surface area contributed by atoms with E-state index >= 15 is 0 Å². The van der Waals surface area contributed by atoms with Gasteiger partial charge in [-0.3, -0.25) is 19.2 Å². The molecular weight excluding hydrogens is 585 g/mol. The molecule has 0 radical (unpaired) electrons. The summed E-state index contributed by atoms with van der Waals surface area (Å²) in [5.41, 5.74) is 2.69. The van der Waals surface area contributed by atoms with Crippen LogP contribution in [0.1, 0.15) is 55.3 Å². The molecule has 2 aliphatic heterocycles. The molecule has 9 nitrogen and oxygen atoms in total. The Labute approximate surface area is 269 Å². The zero-order valence-corrected chi connectivity index (χ0v) is 26.3. The molecular formula is C36H42FN5O4. The summed E-state index contributed by atoms with van der Waals surface area (Å²) in [5.74, 6) is -1.48. The van der Waals surface area contributed by atoms with Gasteiger partial charge in [-0.25, -0.2) is 4.39 Å². The van der Waals surface area contributed by atoms with Crippen LogP contribution in [0.25, 0.3) is 0 Å². The van der Waals surface area contributed by atoms with Crippen LogP contribution in [0.15, 0.2) is 84.9 Å². The van der Waals surface area contributed by atoms with Crippen molar-refractivity contribution >= 4 is 23.6 Å². The number of halogens is 1. The number of aryl methyl sites for hydroxylation is 1. The molecule has 2 heterocycles. The van der Waals surface area contributed by atoms with Crippen LogP contribution in [0.2, 0.25) is 0 Å². The van der Waals surface area contributed by atoms with Crippen LogP contribution in [0.3, 0.4) is 0 Å². The lowest BCUT2D eigenvalue weighted by atomic mass is 9.98. The Morgan fingerprint density at radius 2 is 1.52 bits per heavy atom. The third-order valence-electron chi connectivity index (χ3n) is 9.08. The van der Waals surface area contributed by atoms with E-state index in [1.165, 1.54) is 12.1 Å². The van der Waals surface area contributed by atoms with E-state index in [4.69, 9.17) is 0 Å². The van der Waals surface area contributed by atoms with E-state index in [0.29, 0.717) is 32.2 Å². The van der Waals surface area contributed by atoms with Gasteiger partial charge in [0.2, 0.25) is 23.6 Å². The van der Waals surface area contributed by atoms with E-state index in [2.05, 4.69) is 16.0 Å². The van der Waals surface area contributed by atoms with Gasteiger partial charge in [0.05, 0.1) is 12.1 Å². The SMILES string of the molecule is CN[C@@H](C)C(=O)N[C@H]1CN(C(=O)CCc2ccc(F)cc2)CCC2CC[C@@H](C(=O)NC(c3ccccc3)c3ccccc3)N2C1=O. The van der Waals surface area contributed by atoms with Crippen LogP contribution in [0.4, 0.5) is 4.39 Å². The number of carbonyl (C=O) groups is 4. The predicted molar refractivity (Wildman–Crippen MR) is 173 cm³/mol. The molecule has 0 aliphatic carbocycles. The zero-order valence-electron chi connectivity index (χ0n) is 26.3. The molecule has 2 fully saturated rings. The lowest BCUT2D eigenvalue weighted by Gasteiger charge is -2.39. The highest BCUT2D eigenvalue weighted by Crippen LogP contribution is 2.31. The summed E-state index contributed by atoms with van der Waals surface area (Å²) in [6.45, 7) is 2.07. The predicted octanol–water partition coefficient (Wildman–Crippen LogP) is 3.35. The Morgan fingerprint density at radius 1 is 0.891 bits per heavy atom. The monoisotopic (exact) mass is 627 g/mol.